The van der Waals surface area contributed by atoms with Crippen LogP contribution in [-0.2, 0) is 9.59 Å². The van der Waals surface area contributed by atoms with Gasteiger partial charge in [0.1, 0.15) is 5.01 Å². The zero-order valence-corrected chi connectivity index (χ0v) is 14.9. The number of carbonyl (C=O) groups excluding carboxylic acids is 1. The molecule has 0 aliphatic heterocycles. The zero-order valence-electron chi connectivity index (χ0n) is 14.1. The Morgan fingerprint density at radius 2 is 2.12 bits per heavy atom. The summed E-state index contributed by atoms with van der Waals surface area (Å²) in [5.74, 6) is -1.67. The van der Waals surface area contributed by atoms with E-state index in [4.69, 9.17) is 5.11 Å². The summed E-state index contributed by atoms with van der Waals surface area (Å²) in [4.78, 5) is 27.5. The van der Waals surface area contributed by atoms with Crippen molar-refractivity contribution in [3.8, 4) is 0 Å². The first-order valence-corrected chi connectivity index (χ1v) is 9.09. The van der Waals surface area contributed by atoms with Crippen molar-refractivity contribution in [1.29, 1.82) is 0 Å². The molecule has 5 nitrogen and oxygen atoms in total. The molecule has 1 amide bonds. The molecule has 0 bridgehead atoms. The molecule has 1 aromatic heterocycles. The van der Waals surface area contributed by atoms with Gasteiger partial charge in [-0.25, -0.2) is 4.98 Å². The van der Waals surface area contributed by atoms with E-state index in [0.29, 0.717) is 18.0 Å². The molecule has 1 aliphatic rings. The van der Waals surface area contributed by atoms with Crippen molar-refractivity contribution in [3.05, 3.63) is 45.9 Å². The Morgan fingerprint density at radius 1 is 1.32 bits per heavy atom. The van der Waals surface area contributed by atoms with Crippen LogP contribution in [0, 0.1) is 11.8 Å². The number of aliphatic carboxylic acids is 1. The molecular formula is C19H20N2O3S. The minimum absolute atomic E-state index is 0.227. The van der Waals surface area contributed by atoms with Crippen molar-refractivity contribution >= 4 is 41.1 Å². The minimum atomic E-state index is -0.902. The summed E-state index contributed by atoms with van der Waals surface area (Å²) in [6.07, 6.45) is 4.33. The van der Waals surface area contributed by atoms with Gasteiger partial charge in [0.15, 0.2) is 0 Å². The lowest BCUT2D eigenvalue weighted by Gasteiger charge is -2.05. The Hall–Kier alpha value is -2.47. The van der Waals surface area contributed by atoms with Crippen LogP contribution in [0.5, 0.6) is 0 Å². The Morgan fingerprint density at radius 3 is 2.76 bits per heavy atom. The predicted octanol–water partition coefficient (Wildman–Crippen LogP) is 4.10. The lowest BCUT2D eigenvalue weighted by molar-refractivity contribution is -0.139. The van der Waals surface area contributed by atoms with Gasteiger partial charge in [0.25, 0.3) is 0 Å². The van der Waals surface area contributed by atoms with E-state index < -0.39 is 17.8 Å². The standard InChI is InChI=1S/C19H20N2O3S/c1-11(2)16-10-25-17(21-16)7-6-12-4-3-5-13(8-12)20-18(22)14-9-15(14)19(23)24/h3-8,10-11,14-15H,9H2,1-2H3,(H,20,22)(H,23,24)/t14-,15+/m1/s1. The lowest BCUT2D eigenvalue weighted by atomic mass is 10.1. The van der Waals surface area contributed by atoms with Gasteiger partial charge in [-0.1, -0.05) is 32.1 Å². The predicted molar refractivity (Wildman–Crippen MR) is 99.4 cm³/mol. The molecule has 0 unspecified atom stereocenters. The number of carboxylic acids is 1. The number of hydrogen-bond acceptors (Lipinski definition) is 4. The Balaban J connectivity index is 1.64. The number of anilines is 1. The number of rotatable bonds is 6. The second kappa shape index (κ2) is 7.19. The molecule has 130 valence electrons. The second-order valence-electron chi connectivity index (χ2n) is 6.50. The molecule has 1 aromatic carbocycles. The van der Waals surface area contributed by atoms with Gasteiger partial charge in [-0.2, -0.15) is 0 Å². The fraction of sp³-hybridized carbons (Fsp3) is 0.316. The molecule has 1 aliphatic carbocycles. The molecule has 3 rings (SSSR count). The molecule has 0 spiro atoms. The quantitative estimate of drug-likeness (QED) is 0.817. The summed E-state index contributed by atoms with van der Waals surface area (Å²) in [6, 6.07) is 7.47. The van der Waals surface area contributed by atoms with Gasteiger partial charge in [-0.05, 0) is 36.1 Å². The van der Waals surface area contributed by atoms with Gasteiger partial charge < -0.3 is 10.4 Å². The number of hydrogen-bond donors (Lipinski definition) is 2. The molecule has 2 aromatic rings. The summed E-state index contributed by atoms with van der Waals surface area (Å²) >= 11 is 1.60. The maximum Gasteiger partial charge on any atom is 0.307 e. The topological polar surface area (TPSA) is 79.3 Å². The van der Waals surface area contributed by atoms with E-state index in [2.05, 4.69) is 29.5 Å². The normalized spacial score (nSPS) is 19.3. The van der Waals surface area contributed by atoms with Gasteiger partial charge in [0.2, 0.25) is 5.91 Å². The number of aromatic nitrogens is 1. The lowest BCUT2D eigenvalue weighted by Crippen LogP contribution is -2.16. The smallest absolute Gasteiger partial charge is 0.307 e. The first-order chi connectivity index (χ1) is 11.9. The first-order valence-electron chi connectivity index (χ1n) is 8.21. The fourth-order valence-corrected chi connectivity index (χ4v) is 3.39. The van der Waals surface area contributed by atoms with Crippen LogP contribution >= 0.6 is 11.3 Å². The van der Waals surface area contributed by atoms with Crippen molar-refractivity contribution in [2.45, 2.75) is 26.2 Å². The summed E-state index contributed by atoms with van der Waals surface area (Å²) in [5, 5.41) is 14.7. The van der Waals surface area contributed by atoms with Gasteiger partial charge >= 0.3 is 5.97 Å². The van der Waals surface area contributed by atoms with Gasteiger partial charge in [0.05, 0.1) is 17.5 Å². The number of carboxylic acid groups (broad SMARTS) is 1. The summed E-state index contributed by atoms with van der Waals surface area (Å²) in [6.45, 7) is 4.23. The van der Waals surface area contributed by atoms with Crippen LogP contribution in [-0.4, -0.2) is 22.0 Å². The van der Waals surface area contributed by atoms with Crippen LogP contribution in [0.2, 0.25) is 0 Å². The number of amides is 1. The van der Waals surface area contributed by atoms with Crippen molar-refractivity contribution in [2.24, 2.45) is 11.8 Å². The third kappa shape index (κ3) is 4.33. The second-order valence-corrected chi connectivity index (χ2v) is 7.39. The van der Waals surface area contributed by atoms with Crippen molar-refractivity contribution in [2.75, 3.05) is 5.32 Å². The van der Waals surface area contributed by atoms with Gasteiger partial charge in [0, 0.05) is 11.1 Å². The van der Waals surface area contributed by atoms with Crippen molar-refractivity contribution in [3.63, 3.8) is 0 Å². The van der Waals surface area contributed by atoms with E-state index in [9.17, 15) is 9.59 Å². The number of carbonyl (C=O) groups is 2. The summed E-state index contributed by atoms with van der Waals surface area (Å²) < 4.78 is 0. The average molecular weight is 356 g/mol. The number of nitrogens with zero attached hydrogens (tertiary/aromatic N) is 1. The number of nitrogens with one attached hydrogen (secondary N) is 1. The third-order valence-corrected chi connectivity index (χ3v) is 4.98. The molecule has 0 saturated heterocycles. The molecule has 6 heteroatoms. The molecular weight excluding hydrogens is 336 g/mol. The third-order valence-electron chi connectivity index (χ3n) is 4.15. The monoisotopic (exact) mass is 356 g/mol. The van der Waals surface area contributed by atoms with Crippen molar-refractivity contribution < 1.29 is 14.7 Å². The molecule has 1 heterocycles. The Labute approximate surface area is 150 Å². The number of benzene rings is 1. The number of thiazole rings is 1. The van der Waals surface area contributed by atoms with E-state index in [1.165, 1.54) is 0 Å². The van der Waals surface area contributed by atoms with Crippen molar-refractivity contribution in [1.82, 2.24) is 4.98 Å². The van der Waals surface area contributed by atoms with E-state index in [-0.39, 0.29) is 5.91 Å². The molecule has 2 atom stereocenters. The summed E-state index contributed by atoms with van der Waals surface area (Å²) in [7, 11) is 0. The van der Waals surface area contributed by atoms with E-state index in [1.54, 1.807) is 17.4 Å². The largest absolute Gasteiger partial charge is 0.481 e. The van der Waals surface area contributed by atoms with Crippen LogP contribution in [0.3, 0.4) is 0 Å². The highest BCUT2D eigenvalue weighted by Crippen LogP contribution is 2.39. The molecule has 0 radical (unpaired) electrons. The summed E-state index contributed by atoms with van der Waals surface area (Å²) in [5.41, 5.74) is 2.71. The Bertz CT molecular complexity index is 826. The maximum atomic E-state index is 12.0. The average Bonchev–Trinajstić information content (AvgIpc) is 3.24. The molecule has 1 fully saturated rings. The molecule has 2 N–H and O–H groups in total. The van der Waals surface area contributed by atoms with Crippen LogP contribution in [0.15, 0.2) is 29.6 Å². The highest BCUT2D eigenvalue weighted by molar-refractivity contribution is 7.10. The Kier molecular flexibility index (Phi) is 4.99. The zero-order chi connectivity index (χ0) is 18.0. The van der Waals surface area contributed by atoms with Gasteiger partial charge in [-0.15, -0.1) is 11.3 Å². The van der Waals surface area contributed by atoms with Crippen LogP contribution in [0.4, 0.5) is 5.69 Å². The minimum Gasteiger partial charge on any atom is -0.481 e. The molecule has 25 heavy (non-hydrogen) atoms. The van der Waals surface area contributed by atoms with E-state index >= 15 is 0 Å². The maximum absolute atomic E-state index is 12.0. The highest BCUT2D eigenvalue weighted by atomic mass is 32.1. The fourth-order valence-electron chi connectivity index (χ4n) is 2.52. The van der Waals surface area contributed by atoms with Crippen LogP contribution in [0.1, 0.15) is 42.5 Å². The molecule has 1 saturated carbocycles. The van der Waals surface area contributed by atoms with Crippen LogP contribution < -0.4 is 5.32 Å². The van der Waals surface area contributed by atoms with E-state index in [1.807, 2.05) is 30.4 Å². The van der Waals surface area contributed by atoms with Crippen LogP contribution in [0.25, 0.3) is 12.2 Å². The van der Waals surface area contributed by atoms with E-state index in [0.717, 1.165) is 16.3 Å². The highest BCUT2D eigenvalue weighted by Gasteiger charge is 2.48. The first kappa shape index (κ1) is 17.4. The SMILES string of the molecule is CC(C)c1csc(C=Cc2cccc(NC(=O)[C@@H]3C[C@@H]3C(=O)O)c2)n1. The van der Waals surface area contributed by atoms with Gasteiger partial charge in [-0.3, -0.25) is 9.59 Å².